The molecule has 8 heteroatoms. The third-order valence-electron chi connectivity index (χ3n) is 5.88. The van der Waals surface area contributed by atoms with Gasteiger partial charge in [-0.25, -0.2) is 0 Å². The number of ether oxygens (including phenoxy) is 2. The molecule has 0 unspecified atom stereocenters. The molecule has 0 fully saturated rings. The molecular weight excluding hydrogens is 525 g/mol. The normalized spacial score (nSPS) is 11.7. The molecule has 0 spiro atoms. The minimum Gasteiger partial charge on any atom is -0.873 e. The van der Waals surface area contributed by atoms with Gasteiger partial charge in [0.05, 0.1) is 31.8 Å². The summed E-state index contributed by atoms with van der Waals surface area (Å²) in [5.74, 6) is -0.260. The van der Waals surface area contributed by atoms with E-state index in [1.165, 1.54) is 25.3 Å². The van der Waals surface area contributed by atoms with Gasteiger partial charge in [-0.2, -0.15) is 0 Å². The van der Waals surface area contributed by atoms with E-state index < -0.39 is 22.3 Å². The summed E-state index contributed by atoms with van der Waals surface area (Å²) < 4.78 is 10.8. The maximum atomic E-state index is 12.5. The first-order valence-electron chi connectivity index (χ1n) is 12.2. The minimum atomic E-state index is -0.500. The van der Waals surface area contributed by atoms with Gasteiger partial charge < -0.3 is 19.7 Å². The molecule has 0 saturated carbocycles. The van der Waals surface area contributed by atoms with Crippen molar-refractivity contribution < 1.29 is 36.2 Å². The number of benzene rings is 2. The average molecular weight is 564 g/mol. The molecule has 0 atom stereocenters. The van der Waals surface area contributed by atoms with Crippen LogP contribution in [0.15, 0.2) is 41.8 Å². The molecule has 1 aromatic heterocycles. The number of hydrogen-bond acceptors (Lipinski definition) is 7. The number of aromatic nitrogens is 2. The van der Waals surface area contributed by atoms with Gasteiger partial charge in [0.2, 0.25) is 0 Å². The summed E-state index contributed by atoms with van der Waals surface area (Å²) in [6.45, 7) is 17.3. The van der Waals surface area contributed by atoms with Gasteiger partial charge in [-0.1, -0.05) is 59.7 Å². The van der Waals surface area contributed by atoms with Crippen molar-refractivity contribution in [3.8, 4) is 23.0 Å². The van der Waals surface area contributed by atoms with Crippen LogP contribution >= 0.6 is 0 Å². The first kappa shape index (κ1) is 32.9. The van der Waals surface area contributed by atoms with E-state index in [1.54, 1.807) is 18.6 Å². The van der Waals surface area contributed by atoms with Gasteiger partial charge in [0.1, 0.15) is 5.69 Å². The third-order valence-corrected chi connectivity index (χ3v) is 5.88. The summed E-state index contributed by atoms with van der Waals surface area (Å²) in [6.07, 6.45) is 5.07. The molecule has 0 amide bonds. The zero-order valence-corrected chi connectivity index (χ0v) is 25.2. The second-order valence-electron chi connectivity index (χ2n) is 11.0. The topological polar surface area (TPSA) is 103 Å². The van der Waals surface area contributed by atoms with E-state index in [9.17, 15) is 10.2 Å². The quantitative estimate of drug-likeness (QED) is 0.299. The molecule has 3 rings (SSSR count). The zero-order valence-electron chi connectivity index (χ0n) is 24.3. The van der Waals surface area contributed by atoms with Crippen molar-refractivity contribution in [1.82, 2.24) is 9.97 Å². The number of nitrogens with zero attached hydrogens (tertiary/aromatic N) is 3. The first-order chi connectivity index (χ1) is 17.1. The molecule has 3 aromatic rings. The molecule has 0 aliphatic heterocycles. The molecule has 2 aromatic carbocycles. The smallest absolute Gasteiger partial charge is 0.873 e. The fraction of sp³-hybridized carbons (Fsp3) is 0.433. The van der Waals surface area contributed by atoms with Crippen LogP contribution in [0.25, 0.3) is 0 Å². The van der Waals surface area contributed by atoms with Crippen LogP contribution in [0.1, 0.15) is 76.4 Å². The van der Waals surface area contributed by atoms with Gasteiger partial charge >= 0.3 is 16.5 Å². The molecule has 0 bridgehead atoms. The number of aryl methyl sites for hydroxylation is 2. The molecule has 38 heavy (non-hydrogen) atoms. The summed E-state index contributed by atoms with van der Waals surface area (Å²) in [6, 6.07) is 6.17. The van der Waals surface area contributed by atoms with Crippen molar-refractivity contribution in [1.29, 1.82) is 0 Å². The Bertz CT molecular complexity index is 1190. The van der Waals surface area contributed by atoms with Crippen molar-refractivity contribution in [2.24, 2.45) is 4.99 Å². The Morgan fingerprint density at radius 1 is 0.816 bits per heavy atom. The summed E-state index contributed by atoms with van der Waals surface area (Å²) in [7, 11) is 2.98. The summed E-state index contributed by atoms with van der Waals surface area (Å²) in [5, 5.41) is 25.0. The fourth-order valence-electron chi connectivity index (χ4n) is 4.11. The molecule has 0 saturated heterocycles. The standard InChI is InChI=1S/C16H26O4.C14H15N3.Ni/c1-15(2,3)9-11(17)12(18)10(16(4,5)6)14(20-8)13(9)19-7;1-10-5-4-6-11(2)14(10)17-12(3)13-9-15-7-8-16-13;/h17-18H,1-8H3;4-9H,1-3H3;/q;;+2/p-2. The van der Waals surface area contributed by atoms with E-state index in [4.69, 9.17) is 9.47 Å². The Morgan fingerprint density at radius 3 is 1.61 bits per heavy atom. The number of para-hydroxylation sites is 1. The fourth-order valence-corrected chi connectivity index (χ4v) is 4.11. The van der Waals surface area contributed by atoms with Crippen LogP contribution in [0.2, 0.25) is 0 Å². The third kappa shape index (κ3) is 7.47. The largest absolute Gasteiger partial charge is 2.00 e. The van der Waals surface area contributed by atoms with E-state index in [0.29, 0.717) is 22.6 Å². The molecule has 0 radical (unpaired) electrons. The van der Waals surface area contributed by atoms with Gasteiger partial charge in [-0.05, 0) is 53.9 Å². The maximum Gasteiger partial charge on any atom is 2.00 e. The van der Waals surface area contributed by atoms with Crippen molar-refractivity contribution in [3.63, 3.8) is 0 Å². The van der Waals surface area contributed by atoms with Crippen molar-refractivity contribution in [3.05, 3.63) is 64.7 Å². The number of aliphatic imine (C=N–C) groups is 1. The number of methoxy groups -OCH3 is 2. The van der Waals surface area contributed by atoms with E-state index in [2.05, 4.69) is 40.9 Å². The summed E-state index contributed by atoms with van der Waals surface area (Å²) >= 11 is 0. The van der Waals surface area contributed by atoms with Crippen LogP contribution in [0.4, 0.5) is 5.69 Å². The zero-order chi connectivity index (χ0) is 28.1. The van der Waals surface area contributed by atoms with Gasteiger partial charge in [-0.3, -0.25) is 15.0 Å². The van der Waals surface area contributed by atoms with Crippen molar-refractivity contribution >= 4 is 11.4 Å². The molecule has 1 heterocycles. The summed E-state index contributed by atoms with van der Waals surface area (Å²) in [4.78, 5) is 12.9. The van der Waals surface area contributed by atoms with Gasteiger partial charge in [0, 0.05) is 12.4 Å². The second kappa shape index (κ2) is 13.1. The monoisotopic (exact) mass is 563 g/mol. The number of hydrogen-bond donors (Lipinski definition) is 0. The van der Waals surface area contributed by atoms with Crippen LogP contribution in [0.3, 0.4) is 0 Å². The molecular formula is C30H39N3NiO4. The van der Waals surface area contributed by atoms with E-state index in [0.717, 1.165) is 17.1 Å². The predicted molar refractivity (Wildman–Crippen MR) is 146 cm³/mol. The Morgan fingerprint density at radius 2 is 1.26 bits per heavy atom. The molecule has 0 aliphatic carbocycles. The molecule has 0 N–H and O–H groups in total. The number of rotatable bonds is 4. The SMILES string of the molecule is CC(=Nc1c(C)cccc1C)c1cnccn1.COc1c(OC)c(C(C)(C)C)c([O-])c([O-])c1C(C)(C)C.[Ni+2]. The Kier molecular flexibility index (Phi) is 11.3. The predicted octanol–water partition coefficient (Wildman–Crippen LogP) is 5.68. The van der Waals surface area contributed by atoms with Crippen molar-refractivity contribution in [2.75, 3.05) is 14.2 Å². The molecule has 0 aliphatic rings. The minimum absolute atomic E-state index is 0. The van der Waals surface area contributed by atoms with Crippen LogP contribution < -0.4 is 19.7 Å². The van der Waals surface area contributed by atoms with E-state index >= 15 is 0 Å². The van der Waals surface area contributed by atoms with Crippen LogP contribution in [-0.4, -0.2) is 29.9 Å². The Labute approximate surface area is 237 Å². The Hall–Kier alpha value is -3.12. The molecule has 7 nitrogen and oxygen atoms in total. The average Bonchev–Trinajstić information content (AvgIpc) is 2.81. The van der Waals surface area contributed by atoms with Crippen LogP contribution in [0, 0.1) is 13.8 Å². The van der Waals surface area contributed by atoms with E-state index in [1.807, 2.05) is 54.5 Å². The van der Waals surface area contributed by atoms with Gasteiger partial charge in [-0.15, -0.1) is 11.5 Å². The molecule has 208 valence electrons. The second-order valence-corrected chi connectivity index (χ2v) is 11.0. The van der Waals surface area contributed by atoms with Crippen LogP contribution in [0.5, 0.6) is 23.0 Å². The maximum absolute atomic E-state index is 12.5. The van der Waals surface area contributed by atoms with Gasteiger partial charge in [0.15, 0.2) is 11.5 Å². The van der Waals surface area contributed by atoms with Gasteiger partial charge in [0.25, 0.3) is 0 Å². The van der Waals surface area contributed by atoms with E-state index in [-0.39, 0.29) is 16.5 Å². The first-order valence-corrected chi connectivity index (χ1v) is 12.2. The summed E-state index contributed by atoms with van der Waals surface area (Å²) in [5.41, 5.74) is 4.82. The Balaban J connectivity index is 0.000000374. The van der Waals surface area contributed by atoms with Crippen molar-refractivity contribution in [2.45, 2.75) is 73.1 Å². The van der Waals surface area contributed by atoms with Crippen LogP contribution in [-0.2, 0) is 27.3 Å².